The summed E-state index contributed by atoms with van der Waals surface area (Å²) in [6.07, 6.45) is 0. The molecular formula is C14H14FN3O2S2. The van der Waals surface area contributed by atoms with Crippen LogP contribution in [0.25, 0.3) is 0 Å². The zero-order chi connectivity index (χ0) is 16.2. The van der Waals surface area contributed by atoms with Gasteiger partial charge in [-0.25, -0.2) is 12.8 Å². The molecule has 0 amide bonds. The van der Waals surface area contributed by atoms with E-state index in [0.29, 0.717) is 5.69 Å². The van der Waals surface area contributed by atoms with Gasteiger partial charge in [0.15, 0.2) is 5.11 Å². The molecule has 2 aromatic rings. The second kappa shape index (κ2) is 6.82. The number of nitrogens with one attached hydrogen (secondary N) is 3. The van der Waals surface area contributed by atoms with E-state index < -0.39 is 10.0 Å². The van der Waals surface area contributed by atoms with Crippen LogP contribution in [0, 0.1) is 12.7 Å². The van der Waals surface area contributed by atoms with E-state index in [1.165, 1.54) is 36.4 Å². The van der Waals surface area contributed by atoms with Gasteiger partial charge < -0.3 is 5.32 Å². The molecule has 0 aliphatic carbocycles. The molecule has 0 aromatic heterocycles. The third-order valence-corrected chi connectivity index (χ3v) is 4.20. The van der Waals surface area contributed by atoms with Crippen LogP contribution in [0.15, 0.2) is 53.4 Å². The van der Waals surface area contributed by atoms with Crippen molar-refractivity contribution >= 4 is 33.0 Å². The van der Waals surface area contributed by atoms with Crippen molar-refractivity contribution in [2.75, 3.05) is 5.32 Å². The van der Waals surface area contributed by atoms with Crippen LogP contribution in [0.4, 0.5) is 10.1 Å². The summed E-state index contributed by atoms with van der Waals surface area (Å²) in [4.78, 5) is 2.29. The number of benzene rings is 2. The number of thiocarbonyl (C=S) groups is 1. The van der Waals surface area contributed by atoms with Crippen molar-refractivity contribution in [1.29, 1.82) is 0 Å². The molecule has 8 heteroatoms. The Morgan fingerprint density at radius 3 is 2.23 bits per heavy atom. The van der Waals surface area contributed by atoms with Crippen molar-refractivity contribution in [2.24, 2.45) is 0 Å². The highest BCUT2D eigenvalue weighted by atomic mass is 32.2. The van der Waals surface area contributed by atoms with Crippen LogP contribution in [0.1, 0.15) is 5.56 Å². The molecule has 0 heterocycles. The van der Waals surface area contributed by atoms with Crippen molar-refractivity contribution in [2.45, 2.75) is 11.8 Å². The third-order valence-electron chi connectivity index (χ3n) is 2.73. The summed E-state index contributed by atoms with van der Waals surface area (Å²) in [6, 6.07) is 11.9. The Morgan fingerprint density at radius 2 is 1.64 bits per heavy atom. The minimum Gasteiger partial charge on any atom is -0.332 e. The molecule has 0 aliphatic heterocycles. The lowest BCUT2D eigenvalue weighted by Gasteiger charge is -2.12. The molecule has 2 rings (SSSR count). The van der Waals surface area contributed by atoms with Crippen LogP contribution in [0.2, 0.25) is 0 Å². The minimum atomic E-state index is -3.72. The second-order valence-corrected chi connectivity index (χ2v) is 6.60. The zero-order valence-corrected chi connectivity index (χ0v) is 13.3. The van der Waals surface area contributed by atoms with Crippen LogP contribution >= 0.6 is 12.2 Å². The Kier molecular flexibility index (Phi) is 5.07. The summed E-state index contributed by atoms with van der Waals surface area (Å²) in [5.74, 6) is -0.371. The SMILES string of the molecule is Cc1ccc(S(=O)(=O)NNC(=S)Nc2ccc(F)cc2)cc1. The predicted octanol–water partition coefficient (Wildman–Crippen LogP) is 2.31. The zero-order valence-electron chi connectivity index (χ0n) is 11.6. The molecule has 2 aromatic carbocycles. The van der Waals surface area contributed by atoms with Gasteiger partial charge in [0.1, 0.15) is 5.82 Å². The van der Waals surface area contributed by atoms with E-state index in [9.17, 15) is 12.8 Å². The summed E-state index contributed by atoms with van der Waals surface area (Å²) in [7, 11) is -3.72. The Morgan fingerprint density at radius 1 is 1.05 bits per heavy atom. The summed E-state index contributed by atoms with van der Waals surface area (Å²) < 4.78 is 36.8. The van der Waals surface area contributed by atoms with E-state index in [2.05, 4.69) is 15.6 Å². The first kappa shape index (κ1) is 16.3. The van der Waals surface area contributed by atoms with Gasteiger partial charge in [-0.1, -0.05) is 17.7 Å². The summed E-state index contributed by atoms with van der Waals surface area (Å²) >= 11 is 4.96. The number of halogens is 1. The fraction of sp³-hybridized carbons (Fsp3) is 0.0714. The quantitative estimate of drug-likeness (QED) is 0.589. The largest absolute Gasteiger partial charge is 0.332 e. The number of aryl methyl sites for hydroxylation is 1. The lowest BCUT2D eigenvalue weighted by atomic mass is 10.2. The maximum absolute atomic E-state index is 12.8. The Hall–Kier alpha value is -2.03. The first-order chi connectivity index (χ1) is 10.4. The fourth-order valence-electron chi connectivity index (χ4n) is 1.59. The third kappa shape index (κ3) is 4.48. The van der Waals surface area contributed by atoms with Crippen LogP contribution in [0.5, 0.6) is 0 Å². The molecule has 5 nitrogen and oxygen atoms in total. The Bertz CT molecular complexity index is 760. The van der Waals surface area contributed by atoms with Gasteiger partial charge >= 0.3 is 0 Å². The number of rotatable bonds is 4. The maximum atomic E-state index is 12.8. The van der Waals surface area contributed by atoms with Crippen molar-refractivity contribution < 1.29 is 12.8 Å². The van der Waals surface area contributed by atoms with Crippen molar-refractivity contribution in [1.82, 2.24) is 10.3 Å². The summed E-state index contributed by atoms with van der Waals surface area (Å²) in [6.45, 7) is 1.86. The lowest BCUT2D eigenvalue weighted by molar-refractivity contribution is 0.578. The first-order valence-electron chi connectivity index (χ1n) is 6.28. The van der Waals surface area contributed by atoms with Gasteiger partial charge in [-0.05, 0) is 55.5 Å². The molecule has 0 fully saturated rings. The van der Waals surface area contributed by atoms with Gasteiger partial charge in [-0.2, -0.15) is 0 Å². The molecule has 0 aliphatic rings. The predicted molar refractivity (Wildman–Crippen MR) is 87.3 cm³/mol. The van der Waals surface area contributed by atoms with E-state index in [4.69, 9.17) is 12.2 Å². The van der Waals surface area contributed by atoms with Gasteiger partial charge in [0, 0.05) is 5.69 Å². The van der Waals surface area contributed by atoms with Crippen molar-refractivity contribution in [3.8, 4) is 0 Å². The minimum absolute atomic E-state index is 0.0438. The Balaban J connectivity index is 1.95. The van der Waals surface area contributed by atoms with Crippen LogP contribution < -0.4 is 15.6 Å². The van der Waals surface area contributed by atoms with E-state index in [1.807, 2.05) is 6.92 Å². The van der Waals surface area contributed by atoms with Gasteiger partial charge in [0.2, 0.25) is 0 Å². The molecule has 3 N–H and O–H groups in total. The van der Waals surface area contributed by atoms with Crippen LogP contribution in [-0.4, -0.2) is 13.5 Å². The number of sulfonamides is 1. The van der Waals surface area contributed by atoms with Crippen molar-refractivity contribution in [3.05, 3.63) is 59.9 Å². The van der Waals surface area contributed by atoms with E-state index in [1.54, 1.807) is 12.1 Å². The highest BCUT2D eigenvalue weighted by Gasteiger charge is 2.13. The average molecular weight is 339 g/mol. The average Bonchev–Trinajstić information content (AvgIpc) is 2.48. The van der Waals surface area contributed by atoms with Gasteiger partial charge in [0.25, 0.3) is 10.0 Å². The molecule has 0 saturated heterocycles. The first-order valence-corrected chi connectivity index (χ1v) is 8.17. The number of anilines is 1. The molecule has 22 heavy (non-hydrogen) atoms. The highest BCUT2D eigenvalue weighted by molar-refractivity contribution is 7.89. The molecule has 0 radical (unpaired) electrons. The molecule has 116 valence electrons. The second-order valence-electron chi connectivity index (χ2n) is 4.50. The van der Waals surface area contributed by atoms with Crippen molar-refractivity contribution in [3.63, 3.8) is 0 Å². The molecule has 0 bridgehead atoms. The fourth-order valence-corrected chi connectivity index (χ4v) is 2.67. The monoisotopic (exact) mass is 339 g/mol. The number of hydrogen-bond donors (Lipinski definition) is 3. The molecule has 0 atom stereocenters. The van der Waals surface area contributed by atoms with Gasteiger partial charge in [-0.3, -0.25) is 5.43 Å². The molecule has 0 spiro atoms. The molecule has 0 unspecified atom stereocenters. The Labute approximate surface area is 133 Å². The van der Waals surface area contributed by atoms with E-state index in [0.717, 1.165) is 5.56 Å². The smallest absolute Gasteiger partial charge is 0.257 e. The van der Waals surface area contributed by atoms with E-state index >= 15 is 0 Å². The highest BCUT2D eigenvalue weighted by Crippen LogP contribution is 2.10. The molecular weight excluding hydrogens is 325 g/mol. The topological polar surface area (TPSA) is 70.2 Å². The number of hydrazine groups is 1. The maximum Gasteiger partial charge on any atom is 0.257 e. The lowest BCUT2D eigenvalue weighted by Crippen LogP contribution is -2.43. The van der Waals surface area contributed by atoms with Crippen LogP contribution in [0.3, 0.4) is 0 Å². The van der Waals surface area contributed by atoms with Gasteiger partial charge in [0.05, 0.1) is 4.90 Å². The summed E-state index contributed by atoms with van der Waals surface area (Å²) in [5.41, 5.74) is 3.88. The van der Waals surface area contributed by atoms with E-state index in [-0.39, 0.29) is 15.8 Å². The standard InChI is InChI=1S/C14H14FN3O2S2/c1-10-2-8-13(9-3-10)22(19,20)18-17-14(21)16-12-6-4-11(15)5-7-12/h2-9,18H,1H3,(H2,16,17,21). The molecule has 0 saturated carbocycles. The van der Waals surface area contributed by atoms with Crippen LogP contribution in [-0.2, 0) is 10.0 Å². The number of hydrogen-bond acceptors (Lipinski definition) is 3. The normalized spacial score (nSPS) is 11.0. The summed E-state index contributed by atoms with van der Waals surface area (Å²) in [5, 5.41) is 2.77. The van der Waals surface area contributed by atoms with Gasteiger partial charge in [-0.15, -0.1) is 4.83 Å².